The van der Waals surface area contributed by atoms with Crippen LogP contribution >= 0.6 is 23.2 Å². The van der Waals surface area contributed by atoms with Gasteiger partial charge in [-0.3, -0.25) is 4.79 Å². The van der Waals surface area contributed by atoms with E-state index in [0.29, 0.717) is 16.3 Å². The lowest BCUT2D eigenvalue weighted by molar-refractivity contribution is -0.275. The van der Waals surface area contributed by atoms with Crippen LogP contribution in [0.3, 0.4) is 0 Å². The average molecular weight is 581 g/mol. The summed E-state index contributed by atoms with van der Waals surface area (Å²) in [6, 6.07) is 13.1. The zero-order valence-electron chi connectivity index (χ0n) is 19.9. The third kappa shape index (κ3) is 5.62. The van der Waals surface area contributed by atoms with Crippen LogP contribution in [-0.4, -0.2) is 37.2 Å². The Morgan fingerprint density at radius 2 is 1.90 bits per heavy atom. The number of nitrogens with zero attached hydrogens (tertiary/aromatic N) is 3. The van der Waals surface area contributed by atoms with Gasteiger partial charge in [0.1, 0.15) is 6.61 Å². The van der Waals surface area contributed by atoms with Gasteiger partial charge >= 0.3 is 6.18 Å². The number of nitriles is 1. The monoisotopic (exact) mass is 580 g/mol. The molecule has 13 heteroatoms. The molecule has 7 nitrogen and oxygen atoms in total. The van der Waals surface area contributed by atoms with Crippen LogP contribution in [0.4, 0.5) is 17.6 Å². The largest absolute Gasteiger partial charge is 0.435 e. The third-order valence-electron chi connectivity index (χ3n) is 5.92. The van der Waals surface area contributed by atoms with Crippen molar-refractivity contribution in [2.45, 2.75) is 24.6 Å². The Labute approximate surface area is 229 Å². The lowest BCUT2D eigenvalue weighted by Crippen LogP contribution is -2.42. The number of nitrogens with one attached hydrogen (secondary N) is 1. The van der Waals surface area contributed by atoms with E-state index >= 15 is 0 Å². The molecule has 1 amide bonds. The highest BCUT2D eigenvalue weighted by Gasteiger charge is 2.62. The van der Waals surface area contributed by atoms with Crippen LogP contribution in [0.25, 0.3) is 10.8 Å². The molecule has 0 aliphatic carbocycles. The third-order valence-corrected chi connectivity index (χ3v) is 6.47. The number of hydrogen-bond donors (Lipinski definition) is 1. The molecule has 0 aromatic heterocycles. The van der Waals surface area contributed by atoms with Crippen LogP contribution < -0.4 is 5.32 Å². The summed E-state index contributed by atoms with van der Waals surface area (Å²) in [5.41, 5.74) is -2.89. The maximum Gasteiger partial charge on any atom is 0.435 e. The Bertz CT molecular complexity index is 1500. The molecule has 0 saturated carbocycles. The van der Waals surface area contributed by atoms with E-state index in [9.17, 15) is 22.4 Å². The van der Waals surface area contributed by atoms with Gasteiger partial charge in [-0.1, -0.05) is 63.8 Å². The second-order valence-electron chi connectivity index (χ2n) is 8.33. The average Bonchev–Trinajstić information content (AvgIpc) is 3.37. The van der Waals surface area contributed by atoms with Gasteiger partial charge in [0.05, 0.1) is 41.0 Å². The summed E-state index contributed by atoms with van der Waals surface area (Å²) >= 11 is 11.6. The number of fused-ring (bicyclic) bond motifs is 1. The molecule has 0 fully saturated rings. The Balaban J connectivity index is 1.63. The van der Waals surface area contributed by atoms with Crippen molar-refractivity contribution in [1.82, 2.24) is 5.32 Å². The summed E-state index contributed by atoms with van der Waals surface area (Å²) in [6.07, 6.45) is -4.21. The fourth-order valence-corrected chi connectivity index (χ4v) is 4.54. The van der Waals surface area contributed by atoms with Crippen LogP contribution in [0.15, 0.2) is 58.8 Å². The van der Waals surface area contributed by atoms with Gasteiger partial charge in [-0.25, -0.2) is 4.39 Å². The predicted molar refractivity (Wildman–Crippen MR) is 137 cm³/mol. The fourth-order valence-electron chi connectivity index (χ4n) is 4.05. The van der Waals surface area contributed by atoms with Gasteiger partial charge in [-0.2, -0.15) is 18.4 Å². The van der Waals surface area contributed by atoms with E-state index in [0.717, 1.165) is 12.1 Å². The van der Waals surface area contributed by atoms with Crippen LogP contribution in [0.2, 0.25) is 10.0 Å². The molecule has 202 valence electrons. The van der Waals surface area contributed by atoms with E-state index in [-0.39, 0.29) is 30.8 Å². The summed E-state index contributed by atoms with van der Waals surface area (Å²) in [5.74, 6) is -1.50. The summed E-state index contributed by atoms with van der Waals surface area (Å²) < 4.78 is 57.2. The molecule has 3 aromatic rings. The van der Waals surface area contributed by atoms with Crippen molar-refractivity contribution in [1.29, 1.82) is 5.26 Å². The summed E-state index contributed by atoms with van der Waals surface area (Å²) in [6.45, 7) is 0.163. The molecule has 1 heterocycles. The van der Waals surface area contributed by atoms with E-state index in [2.05, 4.69) is 15.6 Å². The molecule has 1 aliphatic rings. The van der Waals surface area contributed by atoms with Crippen LogP contribution in [0.5, 0.6) is 0 Å². The molecular formula is C26H18Cl2F4N4O3. The van der Waals surface area contributed by atoms with Gasteiger partial charge in [-0.15, -0.1) is 0 Å². The first-order valence-electron chi connectivity index (χ1n) is 11.4. The van der Waals surface area contributed by atoms with Crippen molar-refractivity contribution >= 4 is 51.8 Å². The van der Waals surface area contributed by atoms with E-state index < -0.39 is 45.5 Å². The molecular weight excluding hydrogens is 563 g/mol. The van der Waals surface area contributed by atoms with Gasteiger partial charge < -0.3 is 15.0 Å². The number of carbonyl (C=O) groups is 1. The molecule has 1 aliphatic heterocycles. The second-order valence-corrected chi connectivity index (χ2v) is 9.14. The van der Waals surface area contributed by atoms with Gasteiger partial charge in [0.25, 0.3) is 11.5 Å². The molecule has 3 aromatic carbocycles. The Morgan fingerprint density at radius 1 is 1.21 bits per heavy atom. The number of hydrogen-bond acceptors (Lipinski definition) is 6. The maximum atomic E-state index is 14.4. The van der Waals surface area contributed by atoms with Crippen molar-refractivity contribution in [3.63, 3.8) is 0 Å². The Kier molecular flexibility index (Phi) is 8.28. The smallest absolute Gasteiger partial charge is 0.395 e. The molecule has 39 heavy (non-hydrogen) atoms. The molecule has 0 spiro atoms. The quantitative estimate of drug-likeness (QED) is 0.108. The van der Waals surface area contributed by atoms with Gasteiger partial charge in [-0.05, 0) is 29.0 Å². The molecule has 1 N–H and O–H groups in total. The summed E-state index contributed by atoms with van der Waals surface area (Å²) in [4.78, 5) is 22.7. The standard InChI is InChI=1S/C26H18Cl2F4N4O3/c27-20-12-15(13-21(28)23(20)29)25(26(30,31)32)14-22(36-39-25)18-6-7-19(17-5-2-1-4-16(17)18)24(37)34-9-10-35-38-11-3-8-33/h1-2,4-7,10,12-13H,3,9,11,14H2,(H,34,37)/b35-10-. The minimum Gasteiger partial charge on any atom is -0.395 e. The summed E-state index contributed by atoms with van der Waals surface area (Å²) in [7, 11) is 0. The fraction of sp³-hybridized carbons (Fsp3) is 0.231. The molecule has 0 radical (unpaired) electrons. The zero-order chi connectivity index (χ0) is 28.2. The first kappa shape index (κ1) is 28.1. The number of carbonyl (C=O) groups excluding carboxylic acids is 1. The number of alkyl halides is 3. The van der Waals surface area contributed by atoms with Crippen molar-refractivity contribution in [3.8, 4) is 6.07 Å². The zero-order valence-corrected chi connectivity index (χ0v) is 21.4. The van der Waals surface area contributed by atoms with Gasteiger partial charge in [0, 0.05) is 23.1 Å². The number of rotatable bonds is 8. The van der Waals surface area contributed by atoms with Crippen LogP contribution in [0.1, 0.15) is 34.3 Å². The van der Waals surface area contributed by atoms with Crippen molar-refractivity contribution in [2.24, 2.45) is 10.3 Å². The van der Waals surface area contributed by atoms with Crippen molar-refractivity contribution < 1.29 is 32.0 Å². The molecule has 4 rings (SSSR count). The van der Waals surface area contributed by atoms with Crippen molar-refractivity contribution in [3.05, 3.63) is 81.1 Å². The van der Waals surface area contributed by atoms with E-state index in [1.54, 1.807) is 24.3 Å². The minimum absolute atomic E-state index is 0.0336. The second kappa shape index (κ2) is 11.5. The van der Waals surface area contributed by atoms with E-state index in [4.69, 9.17) is 38.1 Å². The SMILES string of the molecule is N#CCCO/N=C\CNC(=O)c1ccc(C2=NOC(c3cc(Cl)c(F)c(Cl)c3)(C(F)(F)F)C2)c2ccccc12. The molecule has 1 unspecified atom stereocenters. The number of amides is 1. The highest BCUT2D eigenvalue weighted by Crippen LogP contribution is 2.50. The van der Waals surface area contributed by atoms with Gasteiger partial charge in [0.2, 0.25) is 0 Å². The lowest BCUT2D eigenvalue weighted by atomic mass is 9.85. The Morgan fingerprint density at radius 3 is 2.56 bits per heavy atom. The molecule has 1 atom stereocenters. The normalized spacial score (nSPS) is 17.1. The number of oxime groups is 2. The van der Waals surface area contributed by atoms with Gasteiger partial charge in [0.15, 0.2) is 5.82 Å². The highest BCUT2D eigenvalue weighted by atomic mass is 35.5. The lowest BCUT2D eigenvalue weighted by Gasteiger charge is -2.29. The van der Waals surface area contributed by atoms with Crippen LogP contribution in [0, 0.1) is 17.1 Å². The predicted octanol–water partition coefficient (Wildman–Crippen LogP) is 6.51. The number of benzene rings is 3. The topological polar surface area (TPSA) is 96.1 Å². The first-order chi connectivity index (χ1) is 18.6. The van der Waals surface area contributed by atoms with Crippen LogP contribution in [-0.2, 0) is 15.3 Å². The molecule has 0 bridgehead atoms. The first-order valence-corrected chi connectivity index (χ1v) is 12.1. The number of halogens is 6. The highest BCUT2D eigenvalue weighted by molar-refractivity contribution is 6.35. The van der Waals surface area contributed by atoms with E-state index in [1.807, 2.05) is 6.07 Å². The minimum atomic E-state index is -4.96. The van der Waals surface area contributed by atoms with E-state index in [1.165, 1.54) is 18.3 Å². The Hall–Kier alpha value is -3.88. The maximum absolute atomic E-state index is 14.4. The summed E-state index contributed by atoms with van der Waals surface area (Å²) in [5, 5.41) is 18.3. The molecule has 0 saturated heterocycles. The van der Waals surface area contributed by atoms with Crippen molar-refractivity contribution in [2.75, 3.05) is 13.2 Å².